The average molecular weight is 341 g/mol. The Morgan fingerprint density at radius 3 is 2.45 bits per heavy atom. The number of phenols is 3. The highest BCUT2D eigenvalue weighted by Gasteiger charge is 2.10. The molecule has 4 N–H and O–H groups in total. The van der Waals surface area contributed by atoms with Gasteiger partial charge < -0.3 is 15.3 Å². The van der Waals surface area contributed by atoms with Crippen LogP contribution >= 0.6 is 23.2 Å². The third-order valence-corrected chi connectivity index (χ3v) is 3.45. The first-order valence-electron chi connectivity index (χ1n) is 5.92. The molecule has 0 aromatic heterocycles. The molecule has 0 radical (unpaired) electrons. The largest absolute Gasteiger partial charge is 0.504 e. The van der Waals surface area contributed by atoms with Crippen molar-refractivity contribution in [3.63, 3.8) is 0 Å². The Kier molecular flexibility index (Phi) is 4.75. The maximum Gasteiger partial charge on any atom is 0.271 e. The second kappa shape index (κ2) is 6.55. The molecule has 0 aliphatic carbocycles. The molecule has 2 aromatic rings. The number of amides is 1. The van der Waals surface area contributed by atoms with Crippen molar-refractivity contribution in [3.05, 3.63) is 51.5 Å². The molecule has 0 fully saturated rings. The van der Waals surface area contributed by atoms with Gasteiger partial charge in [-0.1, -0.05) is 23.2 Å². The van der Waals surface area contributed by atoms with Crippen molar-refractivity contribution in [2.75, 3.05) is 0 Å². The van der Waals surface area contributed by atoms with E-state index in [-0.39, 0.29) is 16.1 Å². The van der Waals surface area contributed by atoms with Gasteiger partial charge >= 0.3 is 0 Å². The van der Waals surface area contributed by atoms with E-state index in [1.807, 2.05) is 0 Å². The second-order valence-electron chi connectivity index (χ2n) is 4.20. The van der Waals surface area contributed by atoms with Crippen molar-refractivity contribution in [2.45, 2.75) is 0 Å². The number of aromatic hydroxyl groups is 3. The van der Waals surface area contributed by atoms with Crippen molar-refractivity contribution < 1.29 is 20.1 Å². The lowest BCUT2D eigenvalue weighted by Crippen LogP contribution is -2.17. The van der Waals surface area contributed by atoms with Gasteiger partial charge in [0.15, 0.2) is 11.5 Å². The van der Waals surface area contributed by atoms with E-state index in [9.17, 15) is 20.1 Å². The highest BCUT2D eigenvalue weighted by Crippen LogP contribution is 2.36. The van der Waals surface area contributed by atoms with E-state index < -0.39 is 23.2 Å². The average Bonchev–Trinajstić information content (AvgIpc) is 2.50. The number of phenolic OH excluding ortho intramolecular Hbond substituents is 3. The SMILES string of the molecule is O=C(NN=Cc1ccc(O)c(O)c1O)c1ccc(Cl)c(Cl)c1. The van der Waals surface area contributed by atoms with Crippen LogP contribution in [-0.2, 0) is 0 Å². The lowest BCUT2D eigenvalue weighted by molar-refractivity contribution is 0.0955. The number of halogens is 2. The maximum atomic E-state index is 11.8. The van der Waals surface area contributed by atoms with E-state index in [0.29, 0.717) is 5.02 Å². The van der Waals surface area contributed by atoms with E-state index in [1.165, 1.54) is 30.3 Å². The quantitative estimate of drug-likeness (QED) is 0.392. The first-order valence-corrected chi connectivity index (χ1v) is 6.68. The van der Waals surface area contributed by atoms with Gasteiger partial charge in [-0.3, -0.25) is 4.79 Å². The van der Waals surface area contributed by atoms with Gasteiger partial charge in [0.05, 0.1) is 16.3 Å². The minimum Gasteiger partial charge on any atom is -0.504 e. The van der Waals surface area contributed by atoms with Crippen LogP contribution in [0.5, 0.6) is 17.2 Å². The molecule has 0 heterocycles. The van der Waals surface area contributed by atoms with E-state index in [4.69, 9.17) is 23.2 Å². The van der Waals surface area contributed by atoms with E-state index in [0.717, 1.165) is 6.21 Å². The zero-order valence-electron chi connectivity index (χ0n) is 10.9. The second-order valence-corrected chi connectivity index (χ2v) is 5.01. The third kappa shape index (κ3) is 3.41. The zero-order valence-corrected chi connectivity index (χ0v) is 12.4. The van der Waals surface area contributed by atoms with Gasteiger partial charge in [-0.2, -0.15) is 5.10 Å². The summed E-state index contributed by atoms with van der Waals surface area (Å²) in [6.45, 7) is 0. The van der Waals surface area contributed by atoms with E-state index in [2.05, 4.69) is 10.5 Å². The highest BCUT2D eigenvalue weighted by atomic mass is 35.5. The van der Waals surface area contributed by atoms with E-state index in [1.54, 1.807) is 0 Å². The molecule has 0 saturated heterocycles. The standard InChI is InChI=1S/C14H10Cl2N2O4/c15-9-3-1-7(5-10(9)16)14(22)18-17-6-8-2-4-11(19)13(21)12(8)20/h1-6,19-21H,(H,18,22). The van der Waals surface area contributed by atoms with Crippen molar-refractivity contribution in [2.24, 2.45) is 5.10 Å². The van der Waals surface area contributed by atoms with Crippen LogP contribution in [0, 0.1) is 0 Å². The number of carbonyl (C=O) groups excluding carboxylic acids is 1. The Morgan fingerprint density at radius 1 is 1.05 bits per heavy atom. The number of benzene rings is 2. The first kappa shape index (κ1) is 15.9. The van der Waals surface area contributed by atoms with Crippen LogP contribution in [0.4, 0.5) is 0 Å². The minimum absolute atomic E-state index is 0.115. The Morgan fingerprint density at radius 2 is 1.77 bits per heavy atom. The fraction of sp³-hybridized carbons (Fsp3) is 0. The minimum atomic E-state index is -0.667. The Labute approximate surface area is 135 Å². The molecule has 0 saturated carbocycles. The van der Waals surface area contributed by atoms with E-state index >= 15 is 0 Å². The van der Waals surface area contributed by atoms with Crippen molar-refractivity contribution in [3.8, 4) is 17.2 Å². The fourth-order valence-electron chi connectivity index (χ4n) is 1.55. The summed E-state index contributed by atoms with van der Waals surface area (Å²) in [5.74, 6) is -2.21. The number of nitrogens with one attached hydrogen (secondary N) is 1. The number of hydrogen-bond acceptors (Lipinski definition) is 5. The summed E-state index contributed by atoms with van der Waals surface area (Å²) >= 11 is 11.6. The summed E-state index contributed by atoms with van der Waals surface area (Å²) in [6, 6.07) is 6.84. The van der Waals surface area contributed by atoms with Gasteiger partial charge in [0.2, 0.25) is 5.75 Å². The van der Waals surface area contributed by atoms with Gasteiger partial charge in [0.25, 0.3) is 5.91 Å². The number of nitrogens with zero attached hydrogens (tertiary/aromatic N) is 1. The molecule has 8 heteroatoms. The third-order valence-electron chi connectivity index (χ3n) is 2.71. The van der Waals surface area contributed by atoms with Crippen LogP contribution in [-0.4, -0.2) is 27.4 Å². The number of carbonyl (C=O) groups is 1. The Balaban J connectivity index is 2.10. The van der Waals surface area contributed by atoms with Gasteiger partial charge in [-0.25, -0.2) is 5.43 Å². The van der Waals surface area contributed by atoms with Gasteiger partial charge in [0.1, 0.15) is 0 Å². The van der Waals surface area contributed by atoms with Crippen molar-refractivity contribution in [1.29, 1.82) is 0 Å². The summed E-state index contributed by atoms with van der Waals surface area (Å²) in [7, 11) is 0. The van der Waals surface area contributed by atoms with Gasteiger partial charge in [0, 0.05) is 11.1 Å². The molecule has 22 heavy (non-hydrogen) atoms. The topological polar surface area (TPSA) is 102 Å². The molecule has 2 rings (SSSR count). The predicted octanol–water partition coefficient (Wildman–Crippen LogP) is 2.87. The van der Waals surface area contributed by atoms with Crippen LogP contribution in [0.3, 0.4) is 0 Å². The molecule has 6 nitrogen and oxygen atoms in total. The Bertz CT molecular complexity index is 763. The maximum absolute atomic E-state index is 11.8. The van der Waals surface area contributed by atoms with Gasteiger partial charge in [-0.15, -0.1) is 0 Å². The molecule has 114 valence electrons. The normalized spacial score (nSPS) is 10.8. The molecule has 0 atom stereocenters. The molecule has 0 aliphatic heterocycles. The predicted molar refractivity (Wildman–Crippen MR) is 83.0 cm³/mol. The number of rotatable bonds is 3. The lowest BCUT2D eigenvalue weighted by Gasteiger charge is -2.04. The number of hydrazone groups is 1. The molecule has 0 bridgehead atoms. The number of hydrogen-bond donors (Lipinski definition) is 4. The Hall–Kier alpha value is -2.44. The summed E-state index contributed by atoms with van der Waals surface area (Å²) in [4.78, 5) is 11.8. The van der Waals surface area contributed by atoms with Crippen LogP contribution in [0.2, 0.25) is 10.0 Å². The molecule has 0 unspecified atom stereocenters. The molecule has 0 aliphatic rings. The lowest BCUT2D eigenvalue weighted by atomic mass is 10.2. The van der Waals surface area contributed by atoms with Crippen LogP contribution < -0.4 is 5.43 Å². The summed E-state index contributed by atoms with van der Waals surface area (Å²) in [5.41, 5.74) is 2.60. The first-order chi connectivity index (χ1) is 10.4. The fourth-order valence-corrected chi connectivity index (χ4v) is 1.85. The molecule has 1 amide bonds. The smallest absolute Gasteiger partial charge is 0.271 e. The van der Waals surface area contributed by atoms with Crippen LogP contribution in [0.25, 0.3) is 0 Å². The van der Waals surface area contributed by atoms with Crippen molar-refractivity contribution in [1.82, 2.24) is 5.43 Å². The summed E-state index contributed by atoms with van der Waals surface area (Å²) in [6.07, 6.45) is 1.11. The monoisotopic (exact) mass is 340 g/mol. The summed E-state index contributed by atoms with van der Waals surface area (Å²) < 4.78 is 0. The van der Waals surface area contributed by atoms with Crippen LogP contribution in [0.15, 0.2) is 35.4 Å². The highest BCUT2D eigenvalue weighted by molar-refractivity contribution is 6.42. The molecule has 0 spiro atoms. The zero-order chi connectivity index (χ0) is 16.3. The molecular weight excluding hydrogens is 331 g/mol. The molecular formula is C14H10Cl2N2O4. The summed E-state index contributed by atoms with van der Waals surface area (Å²) in [5, 5.41) is 32.3. The molecule has 2 aromatic carbocycles. The van der Waals surface area contributed by atoms with Crippen molar-refractivity contribution >= 4 is 35.3 Å². The van der Waals surface area contributed by atoms with Gasteiger partial charge in [-0.05, 0) is 30.3 Å². The van der Waals surface area contributed by atoms with Crippen LogP contribution in [0.1, 0.15) is 15.9 Å².